The Morgan fingerprint density at radius 2 is 0.614 bits per heavy atom. The van der Waals surface area contributed by atoms with Crippen molar-refractivity contribution in [3.8, 4) is 33.4 Å². The van der Waals surface area contributed by atoms with Crippen LogP contribution in [0.15, 0.2) is 170 Å². The van der Waals surface area contributed by atoms with Crippen LogP contribution in [0.4, 0.5) is 0 Å². The maximum atomic E-state index is 2.38. The van der Waals surface area contributed by atoms with Gasteiger partial charge in [-0.2, -0.15) is 0 Å². The zero-order valence-corrected chi connectivity index (χ0v) is 44.1. The van der Waals surface area contributed by atoms with Crippen molar-refractivity contribution in [1.82, 2.24) is 0 Å². The summed E-state index contributed by atoms with van der Waals surface area (Å²) < 4.78 is 0. The van der Waals surface area contributed by atoms with E-state index < -0.39 is 0 Å². The van der Waals surface area contributed by atoms with Gasteiger partial charge in [-0.15, -0.1) is 0 Å². The lowest BCUT2D eigenvalue weighted by molar-refractivity contribution is 0.681. The van der Waals surface area contributed by atoms with Gasteiger partial charge >= 0.3 is 0 Å². The van der Waals surface area contributed by atoms with Crippen LogP contribution in [0.2, 0.25) is 0 Å². The lowest BCUT2D eigenvalue weighted by atomic mass is 9.79. The summed E-state index contributed by atoms with van der Waals surface area (Å²) in [6, 6.07) is 62.1. The average molecular weight is 921 g/mol. The summed E-state index contributed by atoms with van der Waals surface area (Å²) in [4.78, 5) is 0. The Bertz CT molecular complexity index is 3000. The molecule has 0 heteroatoms. The second-order valence-corrected chi connectivity index (χ2v) is 19.3. The minimum absolute atomic E-state index is 1.23. The van der Waals surface area contributed by atoms with E-state index in [-0.39, 0.29) is 0 Å². The molecule has 3 aliphatic rings. The van der Waals surface area contributed by atoms with Gasteiger partial charge in [-0.25, -0.2) is 0 Å². The molecular formula is C70H80. The molecule has 0 amide bonds. The fourth-order valence-corrected chi connectivity index (χ4v) is 11.0. The zero-order valence-electron chi connectivity index (χ0n) is 44.1. The molecule has 0 saturated heterocycles. The summed E-state index contributed by atoms with van der Waals surface area (Å²) in [6.45, 7) is 17.0. The molecule has 0 aliphatic heterocycles. The molecule has 3 aliphatic carbocycles. The highest BCUT2D eigenvalue weighted by molar-refractivity contribution is 6.05. The van der Waals surface area contributed by atoms with Gasteiger partial charge in [0.2, 0.25) is 0 Å². The summed E-state index contributed by atoms with van der Waals surface area (Å²) >= 11 is 0. The number of hydrogen-bond acceptors (Lipinski definition) is 0. The van der Waals surface area contributed by atoms with Gasteiger partial charge in [0.15, 0.2) is 0 Å². The van der Waals surface area contributed by atoms with Gasteiger partial charge in [0.25, 0.3) is 0 Å². The Morgan fingerprint density at radius 1 is 0.286 bits per heavy atom. The highest BCUT2D eigenvalue weighted by Crippen LogP contribution is 2.40. The molecule has 9 aromatic carbocycles. The molecule has 0 radical (unpaired) electrons. The third-order valence-electron chi connectivity index (χ3n) is 14.1. The van der Waals surface area contributed by atoms with Gasteiger partial charge in [-0.3, -0.25) is 0 Å². The summed E-state index contributed by atoms with van der Waals surface area (Å²) in [6.07, 6.45) is 18.2. The Balaban J connectivity index is 0.000000144. The maximum Gasteiger partial charge on any atom is -0.00733 e. The van der Waals surface area contributed by atoms with Crippen LogP contribution in [0.1, 0.15) is 137 Å². The summed E-state index contributed by atoms with van der Waals surface area (Å²) in [5, 5.41) is 7.93. The first-order valence-electron chi connectivity index (χ1n) is 27.2. The predicted molar refractivity (Wildman–Crippen MR) is 311 cm³/mol. The summed E-state index contributed by atoms with van der Waals surface area (Å²) in [7, 11) is 0. The number of fused-ring (bicyclic) bond motifs is 6. The normalized spacial score (nSPS) is 13.1. The Labute approximate surface area is 423 Å². The van der Waals surface area contributed by atoms with E-state index >= 15 is 0 Å². The molecule has 9 aromatic rings. The quantitative estimate of drug-likeness (QED) is 0.166. The van der Waals surface area contributed by atoms with E-state index in [9.17, 15) is 0 Å². The van der Waals surface area contributed by atoms with E-state index in [0.717, 1.165) is 0 Å². The number of aryl methyl sites for hydroxylation is 5. The fourth-order valence-electron chi connectivity index (χ4n) is 11.0. The average Bonchev–Trinajstić information content (AvgIpc) is 3.42. The minimum atomic E-state index is 1.23. The van der Waals surface area contributed by atoms with E-state index in [1.165, 1.54) is 156 Å². The van der Waals surface area contributed by atoms with Crippen molar-refractivity contribution in [2.45, 2.75) is 145 Å². The zero-order chi connectivity index (χ0) is 49.2. The van der Waals surface area contributed by atoms with Crippen LogP contribution in [0.3, 0.4) is 0 Å². The molecule has 0 bridgehead atoms. The third-order valence-corrected chi connectivity index (χ3v) is 14.1. The van der Waals surface area contributed by atoms with Gasteiger partial charge in [-0.1, -0.05) is 224 Å². The maximum absolute atomic E-state index is 2.38. The second-order valence-electron chi connectivity index (χ2n) is 19.3. The lowest BCUT2D eigenvalue weighted by Crippen LogP contribution is -2.09. The number of hydrogen-bond donors (Lipinski definition) is 0. The van der Waals surface area contributed by atoms with Crippen LogP contribution in [-0.4, -0.2) is 0 Å². The molecule has 0 nitrogen and oxygen atoms in total. The Kier molecular flexibility index (Phi) is 19.2. The van der Waals surface area contributed by atoms with Crippen LogP contribution in [0, 0.1) is 13.8 Å². The topological polar surface area (TPSA) is 0 Å². The molecule has 0 atom stereocenters. The van der Waals surface area contributed by atoms with Gasteiger partial charge in [0, 0.05) is 0 Å². The summed E-state index contributed by atoms with van der Waals surface area (Å²) in [5.41, 5.74) is 21.1. The molecule has 0 N–H and O–H groups in total. The second kappa shape index (κ2) is 26.1. The molecule has 12 rings (SSSR count). The van der Waals surface area contributed by atoms with E-state index in [0.29, 0.717) is 0 Å². The van der Waals surface area contributed by atoms with Crippen LogP contribution in [0.25, 0.3) is 65.7 Å². The lowest BCUT2D eigenvalue weighted by Gasteiger charge is -2.25. The van der Waals surface area contributed by atoms with Crippen LogP contribution >= 0.6 is 0 Å². The molecule has 70 heavy (non-hydrogen) atoms. The largest absolute Gasteiger partial charge is 0.0683 e. The van der Waals surface area contributed by atoms with Gasteiger partial charge in [0.05, 0.1) is 0 Å². The van der Waals surface area contributed by atoms with E-state index in [4.69, 9.17) is 0 Å². The van der Waals surface area contributed by atoms with Crippen molar-refractivity contribution in [2.75, 3.05) is 0 Å². The van der Waals surface area contributed by atoms with Crippen LogP contribution in [-0.2, 0) is 38.5 Å². The molecule has 0 saturated carbocycles. The Hall–Kier alpha value is -6.24. The molecular weight excluding hydrogens is 841 g/mol. The molecule has 0 unspecified atom stereocenters. The van der Waals surface area contributed by atoms with E-state index in [2.05, 4.69) is 211 Å². The monoisotopic (exact) mass is 921 g/mol. The molecule has 360 valence electrons. The smallest absolute Gasteiger partial charge is 0.00733 e. The Morgan fingerprint density at radius 3 is 1.11 bits per heavy atom. The highest BCUT2D eigenvalue weighted by Gasteiger charge is 2.21. The third kappa shape index (κ3) is 12.0. The van der Waals surface area contributed by atoms with E-state index in [1.807, 2.05) is 13.8 Å². The van der Waals surface area contributed by atoms with Crippen molar-refractivity contribution in [3.05, 3.63) is 214 Å². The predicted octanol–water partition coefficient (Wildman–Crippen LogP) is 20.6. The molecule has 0 fully saturated rings. The van der Waals surface area contributed by atoms with Crippen LogP contribution in [0.5, 0.6) is 0 Å². The van der Waals surface area contributed by atoms with Crippen molar-refractivity contribution in [1.29, 1.82) is 0 Å². The van der Waals surface area contributed by atoms with Crippen molar-refractivity contribution < 1.29 is 0 Å². The van der Waals surface area contributed by atoms with Gasteiger partial charge in [0.1, 0.15) is 0 Å². The number of rotatable bonds is 3. The van der Waals surface area contributed by atoms with E-state index in [1.54, 1.807) is 44.5 Å². The molecule has 0 heterocycles. The van der Waals surface area contributed by atoms with Crippen molar-refractivity contribution >= 4 is 32.3 Å². The van der Waals surface area contributed by atoms with Crippen molar-refractivity contribution in [3.63, 3.8) is 0 Å². The highest BCUT2D eigenvalue weighted by atomic mass is 14.3. The first-order valence-corrected chi connectivity index (χ1v) is 27.2. The van der Waals surface area contributed by atoms with Crippen LogP contribution < -0.4 is 0 Å². The molecule has 0 aromatic heterocycles. The fraction of sp³-hybridized carbons (Fsp3) is 0.314. The van der Waals surface area contributed by atoms with Gasteiger partial charge < -0.3 is 0 Å². The van der Waals surface area contributed by atoms with Crippen molar-refractivity contribution in [2.24, 2.45) is 0 Å². The minimum Gasteiger partial charge on any atom is -0.0683 e. The SMILES string of the molecule is CC.CCC.CCC.Cc1ccc2c(c1-c1cccc3c1CCCC3)CCCC2.Cc1ccc2ccccc2c1-c1cccc2c1CCCC2.c1ccc2c(-c3cccc4ccccc34)cccc2c1. The standard InChI is InChI=1S/C21H24.C21H20.C20H14.2C3H8.C2H6/c2*1-15-13-14-17-8-3-5-11-19(17)21(15)20-12-6-9-16-7-2-4-10-18(16)20;1-3-11-17-15(7-1)9-5-13-19(17)20-14-6-10-16-8-2-4-12-18(16)20;2*1-3-2;1-2/h6,9,12-14H,2-5,7-8,10-11H2,1H3;3,5-6,8-9,11-14H,2,4,7,10H2,1H3;1-14H;2*3H2,1-2H3;1-2H3. The van der Waals surface area contributed by atoms with Gasteiger partial charge in [-0.05, 0) is 201 Å². The first-order chi connectivity index (χ1) is 34.4. The summed E-state index contributed by atoms with van der Waals surface area (Å²) in [5.74, 6) is 0. The molecule has 0 spiro atoms. The number of benzene rings is 9. The first kappa shape index (κ1) is 51.6.